The van der Waals surface area contributed by atoms with Crippen molar-refractivity contribution in [2.45, 2.75) is 26.2 Å². The van der Waals surface area contributed by atoms with Crippen LogP contribution in [0.3, 0.4) is 0 Å². The Kier molecular flexibility index (Phi) is 5.91. The molecule has 1 aliphatic rings. The largest absolute Gasteiger partial charge is 0.396 e. The molecule has 0 aliphatic heterocycles. The van der Waals surface area contributed by atoms with Crippen LogP contribution in [0.5, 0.6) is 0 Å². The molecule has 3 rings (SSSR count). The van der Waals surface area contributed by atoms with E-state index in [1.807, 2.05) is 37.3 Å². The van der Waals surface area contributed by atoms with Gasteiger partial charge in [-0.1, -0.05) is 37.3 Å². The van der Waals surface area contributed by atoms with E-state index < -0.39 is 5.41 Å². The monoisotopic (exact) mass is 366 g/mol. The summed E-state index contributed by atoms with van der Waals surface area (Å²) in [5, 5.41) is 15.6. The van der Waals surface area contributed by atoms with Crippen molar-refractivity contribution in [3.8, 4) is 0 Å². The zero-order valence-corrected chi connectivity index (χ0v) is 15.6. The molecular weight excluding hydrogens is 340 g/mol. The van der Waals surface area contributed by atoms with Crippen molar-refractivity contribution < 1.29 is 14.7 Å². The molecule has 1 aliphatic carbocycles. The fourth-order valence-corrected chi connectivity index (χ4v) is 2.95. The van der Waals surface area contributed by atoms with E-state index in [9.17, 15) is 14.7 Å². The van der Waals surface area contributed by atoms with Crippen molar-refractivity contribution in [3.63, 3.8) is 0 Å². The molecule has 1 saturated carbocycles. The SMILES string of the molecule is C[C@@](CO)(CNC(=O)c1ccc(NC(=O)C2CC2)cc1)Cc1ccccc1. The first kappa shape index (κ1) is 19.1. The predicted octanol–water partition coefficient (Wildman–Crippen LogP) is 3.01. The predicted molar refractivity (Wildman–Crippen MR) is 105 cm³/mol. The van der Waals surface area contributed by atoms with Crippen molar-refractivity contribution in [1.29, 1.82) is 0 Å². The van der Waals surface area contributed by atoms with Gasteiger partial charge in [0.25, 0.3) is 5.91 Å². The minimum atomic E-state index is -0.435. The number of aliphatic hydroxyl groups excluding tert-OH is 1. The summed E-state index contributed by atoms with van der Waals surface area (Å²) >= 11 is 0. The summed E-state index contributed by atoms with van der Waals surface area (Å²) in [6, 6.07) is 16.8. The van der Waals surface area contributed by atoms with Crippen LogP contribution >= 0.6 is 0 Å². The van der Waals surface area contributed by atoms with Gasteiger partial charge in [-0.25, -0.2) is 0 Å². The van der Waals surface area contributed by atoms with Gasteiger partial charge in [-0.05, 0) is 49.1 Å². The van der Waals surface area contributed by atoms with Gasteiger partial charge >= 0.3 is 0 Å². The van der Waals surface area contributed by atoms with E-state index in [1.54, 1.807) is 24.3 Å². The van der Waals surface area contributed by atoms with Crippen molar-refractivity contribution in [1.82, 2.24) is 5.32 Å². The van der Waals surface area contributed by atoms with E-state index in [-0.39, 0.29) is 24.3 Å². The molecule has 0 saturated heterocycles. The lowest BCUT2D eigenvalue weighted by molar-refractivity contribution is -0.117. The van der Waals surface area contributed by atoms with Crippen LogP contribution in [-0.2, 0) is 11.2 Å². The van der Waals surface area contributed by atoms with Crippen LogP contribution < -0.4 is 10.6 Å². The lowest BCUT2D eigenvalue weighted by Gasteiger charge is -2.27. The minimum Gasteiger partial charge on any atom is -0.396 e. The average molecular weight is 366 g/mol. The first-order valence-electron chi connectivity index (χ1n) is 9.33. The van der Waals surface area contributed by atoms with Crippen LogP contribution in [0.1, 0.15) is 35.7 Å². The van der Waals surface area contributed by atoms with Gasteiger partial charge in [-0.3, -0.25) is 9.59 Å². The van der Waals surface area contributed by atoms with E-state index in [4.69, 9.17) is 0 Å². The zero-order valence-electron chi connectivity index (χ0n) is 15.6. The van der Waals surface area contributed by atoms with Crippen LogP contribution in [0.2, 0.25) is 0 Å². The number of benzene rings is 2. The topological polar surface area (TPSA) is 78.4 Å². The molecule has 0 bridgehead atoms. The molecule has 2 aromatic carbocycles. The zero-order chi connectivity index (χ0) is 19.3. The molecular formula is C22H26N2O3. The van der Waals surface area contributed by atoms with Gasteiger partial charge < -0.3 is 15.7 Å². The minimum absolute atomic E-state index is 0.0195. The highest BCUT2D eigenvalue weighted by Gasteiger charge is 2.29. The van der Waals surface area contributed by atoms with Crippen LogP contribution in [0, 0.1) is 11.3 Å². The molecule has 5 heteroatoms. The first-order chi connectivity index (χ1) is 13.0. The van der Waals surface area contributed by atoms with Crippen LogP contribution in [-0.4, -0.2) is 30.1 Å². The van der Waals surface area contributed by atoms with E-state index in [0.29, 0.717) is 24.2 Å². The Morgan fingerprint density at radius 1 is 1.07 bits per heavy atom. The third kappa shape index (κ3) is 5.41. The average Bonchev–Trinajstić information content (AvgIpc) is 3.53. The van der Waals surface area contributed by atoms with Gasteiger partial charge in [-0.15, -0.1) is 0 Å². The van der Waals surface area contributed by atoms with Gasteiger partial charge in [0.1, 0.15) is 0 Å². The summed E-state index contributed by atoms with van der Waals surface area (Å²) in [6.45, 7) is 2.31. The lowest BCUT2D eigenvalue weighted by Crippen LogP contribution is -2.39. The van der Waals surface area contributed by atoms with E-state index in [0.717, 1.165) is 18.4 Å². The van der Waals surface area contributed by atoms with Crippen LogP contribution in [0.4, 0.5) is 5.69 Å². The number of rotatable bonds is 8. The third-order valence-corrected chi connectivity index (χ3v) is 4.89. The van der Waals surface area contributed by atoms with Crippen molar-refractivity contribution in [3.05, 3.63) is 65.7 Å². The van der Waals surface area contributed by atoms with Gasteiger partial charge in [0.05, 0.1) is 6.61 Å². The fraction of sp³-hybridized carbons (Fsp3) is 0.364. The smallest absolute Gasteiger partial charge is 0.251 e. The number of hydrogen-bond acceptors (Lipinski definition) is 3. The molecule has 0 heterocycles. The van der Waals surface area contributed by atoms with Gasteiger partial charge in [0.15, 0.2) is 0 Å². The quantitative estimate of drug-likeness (QED) is 0.672. The Hall–Kier alpha value is -2.66. The molecule has 5 nitrogen and oxygen atoms in total. The number of anilines is 1. The van der Waals surface area contributed by atoms with E-state index in [2.05, 4.69) is 10.6 Å². The Balaban J connectivity index is 1.54. The summed E-state index contributed by atoms with van der Waals surface area (Å²) in [7, 11) is 0. The second kappa shape index (κ2) is 8.35. The van der Waals surface area contributed by atoms with Crippen LogP contribution in [0.15, 0.2) is 54.6 Å². The molecule has 142 valence electrons. The maximum absolute atomic E-state index is 12.4. The summed E-state index contributed by atoms with van der Waals surface area (Å²) in [6.07, 6.45) is 2.59. The molecule has 2 aromatic rings. The molecule has 3 N–H and O–H groups in total. The fourth-order valence-electron chi connectivity index (χ4n) is 2.95. The third-order valence-electron chi connectivity index (χ3n) is 4.89. The molecule has 0 unspecified atom stereocenters. The second-order valence-corrected chi connectivity index (χ2v) is 7.65. The Morgan fingerprint density at radius 2 is 1.74 bits per heavy atom. The maximum Gasteiger partial charge on any atom is 0.251 e. The van der Waals surface area contributed by atoms with Crippen molar-refractivity contribution in [2.75, 3.05) is 18.5 Å². The van der Waals surface area contributed by atoms with E-state index in [1.165, 1.54) is 0 Å². The molecule has 0 spiro atoms. The van der Waals surface area contributed by atoms with Crippen LogP contribution in [0.25, 0.3) is 0 Å². The van der Waals surface area contributed by atoms with Gasteiger partial charge in [0.2, 0.25) is 5.91 Å². The summed E-state index contributed by atoms with van der Waals surface area (Å²) < 4.78 is 0. The number of carbonyl (C=O) groups is 2. The van der Waals surface area contributed by atoms with Crippen molar-refractivity contribution in [2.24, 2.45) is 11.3 Å². The molecule has 1 fully saturated rings. The Morgan fingerprint density at radius 3 is 2.33 bits per heavy atom. The molecule has 1 atom stereocenters. The number of carbonyl (C=O) groups excluding carboxylic acids is 2. The maximum atomic E-state index is 12.4. The van der Waals surface area contributed by atoms with Gasteiger partial charge in [-0.2, -0.15) is 0 Å². The standard InChI is InChI=1S/C22H26N2O3/c1-22(15-25,13-16-5-3-2-4-6-16)14-23-20(26)17-9-11-19(12-10-17)24-21(27)18-7-8-18/h2-6,9-12,18,25H,7-8,13-15H2,1H3,(H,23,26)(H,24,27)/t22-/m0/s1. The number of hydrogen-bond donors (Lipinski definition) is 3. The summed E-state index contributed by atoms with van der Waals surface area (Å²) in [4.78, 5) is 24.2. The van der Waals surface area contributed by atoms with Crippen molar-refractivity contribution >= 4 is 17.5 Å². The van der Waals surface area contributed by atoms with Gasteiger partial charge in [0, 0.05) is 29.1 Å². The molecule has 2 amide bonds. The highest BCUT2D eigenvalue weighted by molar-refractivity contribution is 5.96. The Labute approximate surface area is 159 Å². The lowest BCUT2D eigenvalue weighted by atomic mass is 9.84. The number of aliphatic hydroxyl groups is 1. The molecule has 0 radical (unpaired) electrons. The highest BCUT2D eigenvalue weighted by Crippen LogP contribution is 2.30. The second-order valence-electron chi connectivity index (χ2n) is 7.65. The Bertz CT molecular complexity index is 785. The summed E-state index contributed by atoms with van der Waals surface area (Å²) in [5.41, 5.74) is 1.92. The number of nitrogens with one attached hydrogen (secondary N) is 2. The highest BCUT2D eigenvalue weighted by atomic mass is 16.3. The van der Waals surface area contributed by atoms with E-state index >= 15 is 0 Å². The normalized spacial score (nSPS) is 15.6. The molecule has 27 heavy (non-hydrogen) atoms. The number of amides is 2. The first-order valence-corrected chi connectivity index (χ1v) is 9.33. The summed E-state index contributed by atoms with van der Waals surface area (Å²) in [5.74, 6) is 0.00313. The molecule has 0 aromatic heterocycles.